The normalized spacial score (nSPS) is 10.2. The van der Waals surface area contributed by atoms with Crippen LogP contribution in [-0.2, 0) is 6.54 Å². The van der Waals surface area contributed by atoms with Gasteiger partial charge < -0.3 is 11.1 Å². The van der Waals surface area contributed by atoms with E-state index >= 15 is 0 Å². The van der Waals surface area contributed by atoms with Crippen molar-refractivity contribution in [2.45, 2.75) is 20.4 Å². The Kier molecular flexibility index (Phi) is 3.80. The Hall–Kier alpha value is -2.36. The van der Waals surface area contributed by atoms with Gasteiger partial charge in [-0.25, -0.2) is 0 Å². The van der Waals surface area contributed by atoms with Crippen LogP contribution in [0.15, 0.2) is 36.5 Å². The van der Waals surface area contributed by atoms with Crippen molar-refractivity contribution in [1.82, 2.24) is 10.3 Å². The number of anilines is 1. The summed E-state index contributed by atoms with van der Waals surface area (Å²) in [4.78, 5) is 16.2. The Labute approximate surface area is 112 Å². The second kappa shape index (κ2) is 5.52. The Bertz CT molecular complexity index is 608. The summed E-state index contributed by atoms with van der Waals surface area (Å²) in [6.45, 7) is 4.31. The SMILES string of the molecule is Cc1cccc(CNC(=O)c2cc(N)cnc2C)c1. The van der Waals surface area contributed by atoms with Crippen molar-refractivity contribution >= 4 is 11.6 Å². The highest BCUT2D eigenvalue weighted by atomic mass is 16.1. The number of benzene rings is 1. The summed E-state index contributed by atoms with van der Waals surface area (Å²) in [5.41, 5.74) is 9.59. The van der Waals surface area contributed by atoms with Crippen LogP contribution in [0.4, 0.5) is 5.69 Å². The van der Waals surface area contributed by atoms with Crippen LogP contribution in [0.1, 0.15) is 27.2 Å². The van der Waals surface area contributed by atoms with Gasteiger partial charge in [0.1, 0.15) is 0 Å². The first-order valence-electron chi connectivity index (χ1n) is 6.12. The molecule has 0 fully saturated rings. The molecule has 3 N–H and O–H groups in total. The molecule has 0 aliphatic heterocycles. The lowest BCUT2D eigenvalue weighted by Crippen LogP contribution is -2.24. The van der Waals surface area contributed by atoms with E-state index in [0.29, 0.717) is 23.5 Å². The minimum atomic E-state index is -0.154. The number of carbonyl (C=O) groups is 1. The number of nitrogens with zero attached hydrogens (tertiary/aromatic N) is 1. The lowest BCUT2D eigenvalue weighted by molar-refractivity contribution is 0.0950. The van der Waals surface area contributed by atoms with E-state index in [1.165, 1.54) is 5.56 Å². The number of hydrogen-bond acceptors (Lipinski definition) is 3. The molecule has 2 aromatic rings. The van der Waals surface area contributed by atoms with Crippen LogP contribution < -0.4 is 11.1 Å². The average Bonchev–Trinajstić information content (AvgIpc) is 2.39. The molecule has 0 radical (unpaired) electrons. The first kappa shape index (κ1) is 13.1. The lowest BCUT2D eigenvalue weighted by atomic mass is 10.1. The van der Waals surface area contributed by atoms with Gasteiger partial charge in [-0.15, -0.1) is 0 Å². The molecule has 0 saturated heterocycles. The van der Waals surface area contributed by atoms with Crippen LogP contribution in [0.3, 0.4) is 0 Å². The van der Waals surface area contributed by atoms with E-state index in [2.05, 4.69) is 10.3 Å². The average molecular weight is 255 g/mol. The lowest BCUT2D eigenvalue weighted by Gasteiger charge is -2.08. The largest absolute Gasteiger partial charge is 0.397 e. The molecule has 0 unspecified atom stereocenters. The van der Waals surface area contributed by atoms with Crippen molar-refractivity contribution < 1.29 is 4.79 Å². The molecule has 1 heterocycles. The molecule has 1 aromatic carbocycles. The summed E-state index contributed by atoms with van der Waals surface area (Å²) in [6, 6.07) is 9.68. The molecule has 1 amide bonds. The Morgan fingerprint density at radius 1 is 1.32 bits per heavy atom. The van der Waals surface area contributed by atoms with Crippen LogP contribution in [0, 0.1) is 13.8 Å². The third kappa shape index (κ3) is 3.31. The van der Waals surface area contributed by atoms with Gasteiger partial charge in [-0.1, -0.05) is 29.8 Å². The second-order valence-corrected chi connectivity index (χ2v) is 4.57. The summed E-state index contributed by atoms with van der Waals surface area (Å²) < 4.78 is 0. The summed E-state index contributed by atoms with van der Waals surface area (Å²) in [5, 5.41) is 2.88. The number of pyridine rings is 1. The molecule has 1 aromatic heterocycles. The number of amides is 1. The predicted molar refractivity (Wildman–Crippen MR) is 75.7 cm³/mol. The fourth-order valence-electron chi connectivity index (χ4n) is 1.88. The van der Waals surface area contributed by atoms with Crippen LogP contribution in [0.5, 0.6) is 0 Å². The number of carbonyl (C=O) groups excluding carboxylic acids is 1. The van der Waals surface area contributed by atoms with Crippen molar-refractivity contribution in [3.8, 4) is 0 Å². The molecule has 0 spiro atoms. The van der Waals surface area contributed by atoms with Gasteiger partial charge in [0, 0.05) is 6.54 Å². The number of nitrogen functional groups attached to an aromatic ring is 1. The topological polar surface area (TPSA) is 68.0 Å². The maximum atomic E-state index is 12.1. The highest BCUT2D eigenvalue weighted by Gasteiger charge is 2.10. The van der Waals surface area contributed by atoms with Crippen LogP contribution in [0.2, 0.25) is 0 Å². The molecule has 0 aliphatic rings. The zero-order valence-electron chi connectivity index (χ0n) is 11.1. The van der Waals surface area contributed by atoms with Crippen molar-refractivity contribution in [3.63, 3.8) is 0 Å². The number of hydrogen-bond donors (Lipinski definition) is 2. The van der Waals surface area contributed by atoms with Gasteiger partial charge >= 0.3 is 0 Å². The summed E-state index contributed by atoms with van der Waals surface area (Å²) in [6.07, 6.45) is 1.55. The highest BCUT2D eigenvalue weighted by Crippen LogP contribution is 2.10. The number of nitrogens with one attached hydrogen (secondary N) is 1. The predicted octanol–water partition coefficient (Wildman–Crippen LogP) is 2.21. The minimum absolute atomic E-state index is 0.154. The van der Waals surface area contributed by atoms with Gasteiger partial charge in [-0.2, -0.15) is 0 Å². The fourth-order valence-corrected chi connectivity index (χ4v) is 1.88. The van der Waals surface area contributed by atoms with E-state index in [0.717, 1.165) is 5.56 Å². The maximum Gasteiger partial charge on any atom is 0.253 e. The first-order valence-corrected chi connectivity index (χ1v) is 6.12. The van der Waals surface area contributed by atoms with Crippen molar-refractivity contribution in [3.05, 3.63) is 58.9 Å². The van der Waals surface area contributed by atoms with Gasteiger partial charge in [-0.05, 0) is 25.5 Å². The minimum Gasteiger partial charge on any atom is -0.397 e. The molecular weight excluding hydrogens is 238 g/mol. The Morgan fingerprint density at radius 3 is 2.84 bits per heavy atom. The van der Waals surface area contributed by atoms with Crippen LogP contribution >= 0.6 is 0 Å². The maximum absolute atomic E-state index is 12.1. The van der Waals surface area contributed by atoms with E-state index in [1.807, 2.05) is 31.2 Å². The number of rotatable bonds is 3. The van der Waals surface area contributed by atoms with Gasteiger partial charge in [0.15, 0.2) is 0 Å². The number of nitrogens with two attached hydrogens (primary N) is 1. The van der Waals surface area contributed by atoms with Crippen molar-refractivity contribution in [2.75, 3.05) is 5.73 Å². The zero-order chi connectivity index (χ0) is 13.8. The summed E-state index contributed by atoms with van der Waals surface area (Å²) >= 11 is 0. The van der Waals surface area contributed by atoms with E-state index in [-0.39, 0.29) is 5.91 Å². The quantitative estimate of drug-likeness (QED) is 0.883. The van der Waals surface area contributed by atoms with Crippen LogP contribution in [0.25, 0.3) is 0 Å². The molecule has 98 valence electrons. The molecule has 19 heavy (non-hydrogen) atoms. The van der Waals surface area contributed by atoms with Gasteiger partial charge in [-0.3, -0.25) is 9.78 Å². The van der Waals surface area contributed by atoms with Crippen LogP contribution in [-0.4, -0.2) is 10.9 Å². The molecule has 0 aliphatic carbocycles. The summed E-state index contributed by atoms with van der Waals surface area (Å²) in [5.74, 6) is -0.154. The van der Waals surface area contributed by atoms with Crippen molar-refractivity contribution in [1.29, 1.82) is 0 Å². The Morgan fingerprint density at radius 2 is 2.11 bits per heavy atom. The third-order valence-electron chi connectivity index (χ3n) is 2.89. The van der Waals surface area contributed by atoms with E-state index < -0.39 is 0 Å². The molecular formula is C15H17N3O. The van der Waals surface area contributed by atoms with E-state index in [9.17, 15) is 4.79 Å². The zero-order valence-corrected chi connectivity index (χ0v) is 11.1. The Balaban J connectivity index is 2.07. The smallest absolute Gasteiger partial charge is 0.253 e. The molecule has 4 heteroatoms. The fraction of sp³-hybridized carbons (Fsp3) is 0.200. The van der Waals surface area contributed by atoms with Gasteiger partial charge in [0.2, 0.25) is 0 Å². The highest BCUT2D eigenvalue weighted by molar-refractivity contribution is 5.95. The summed E-state index contributed by atoms with van der Waals surface area (Å²) in [7, 11) is 0. The van der Waals surface area contributed by atoms with Gasteiger partial charge in [0.05, 0.1) is 23.1 Å². The molecule has 2 rings (SSSR count). The molecule has 0 atom stereocenters. The molecule has 0 bridgehead atoms. The third-order valence-corrected chi connectivity index (χ3v) is 2.89. The number of aryl methyl sites for hydroxylation is 2. The molecule has 4 nitrogen and oxygen atoms in total. The van der Waals surface area contributed by atoms with E-state index in [4.69, 9.17) is 5.73 Å². The standard InChI is InChI=1S/C15H17N3O/c1-10-4-3-5-12(6-10)8-18-15(19)14-7-13(16)9-17-11(14)2/h3-7,9H,8,16H2,1-2H3,(H,18,19). The van der Waals surface area contributed by atoms with Gasteiger partial charge in [0.25, 0.3) is 5.91 Å². The first-order chi connectivity index (χ1) is 9.06. The monoisotopic (exact) mass is 255 g/mol. The van der Waals surface area contributed by atoms with E-state index in [1.54, 1.807) is 19.2 Å². The second-order valence-electron chi connectivity index (χ2n) is 4.57. The van der Waals surface area contributed by atoms with Crippen molar-refractivity contribution in [2.24, 2.45) is 0 Å². The molecule has 0 saturated carbocycles. The number of aromatic nitrogens is 1.